The summed E-state index contributed by atoms with van der Waals surface area (Å²) in [4.78, 5) is 0. The maximum atomic E-state index is 5.38. The molecular formula is C11H10N2OS. The van der Waals surface area contributed by atoms with Gasteiger partial charge in [0.1, 0.15) is 18.1 Å². The van der Waals surface area contributed by atoms with Crippen LogP contribution in [0.25, 0.3) is 11.3 Å². The molecule has 0 aliphatic carbocycles. The zero-order chi connectivity index (χ0) is 10.5. The zero-order valence-corrected chi connectivity index (χ0v) is 8.91. The lowest BCUT2D eigenvalue weighted by atomic mass is 10.2. The molecule has 0 radical (unpaired) electrons. The van der Waals surface area contributed by atoms with Crippen molar-refractivity contribution in [3.63, 3.8) is 0 Å². The number of hydrogen-bond acceptors (Lipinski definition) is 4. The fourth-order valence-corrected chi connectivity index (χ4v) is 1.63. The Balaban J connectivity index is 2.14. The minimum Gasteiger partial charge on any atom is -0.490 e. The van der Waals surface area contributed by atoms with Crippen LogP contribution in [0, 0.1) is 0 Å². The summed E-state index contributed by atoms with van der Waals surface area (Å²) in [6, 6.07) is 7.76. The molecule has 1 aromatic carbocycles. The summed E-state index contributed by atoms with van der Waals surface area (Å²) in [6.07, 6.45) is 1.72. The van der Waals surface area contributed by atoms with Crippen molar-refractivity contribution in [2.75, 3.05) is 6.61 Å². The Morgan fingerprint density at radius 2 is 2.13 bits per heavy atom. The van der Waals surface area contributed by atoms with Gasteiger partial charge >= 0.3 is 0 Å². The molecule has 0 N–H and O–H groups in total. The van der Waals surface area contributed by atoms with Crippen LogP contribution in [0.15, 0.2) is 42.3 Å². The van der Waals surface area contributed by atoms with Crippen LogP contribution >= 0.6 is 11.5 Å². The average Bonchev–Trinajstić information content (AvgIpc) is 2.80. The van der Waals surface area contributed by atoms with Crippen LogP contribution in [0.3, 0.4) is 0 Å². The normalized spacial score (nSPS) is 9.87. The van der Waals surface area contributed by atoms with Gasteiger partial charge in [0.2, 0.25) is 0 Å². The van der Waals surface area contributed by atoms with E-state index in [9.17, 15) is 0 Å². The van der Waals surface area contributed by atoms with E-state index in [1.165, 1.54) is 11.5 Å². The van der Waals surface area contributed by atoms with Crippen LogP contribution in [0.4, 0.5) is 0 Å². The number of nitrogens with zero attached hydrogens (tertiary/aromatic N) is 2. The van der Waals surface area contributed by atoms with E-state index in [4.69, 9.17) is 4.74 Å². The van der Waals surface area contributed by atoms with Crippen molar-refractivity contribution in [1.82, 2.24) is 9.59 Å². The number of hydrogen-bond donors (Lipinski definition) is 0. The smallest absolute Gasteiger partial charge is 0.119 e. The minimum absolute atomic E-state index is 0.525. The number of rotatable bonds is 4. The molecule has 0 spiro atoms. The van der Waals surface area contributed by atoms with Gasteiger partial charge in [0.05, 0.1) is 0 Å². The minimum atomic E-state index is 0.525. The second-order valence-electron chi connectivity index (χ2n) is 2.91. The summed E-state index contributed by atoms with van der Waals surface area (Å²) >= 11 is 1.35. The second kappa shape index (κ2) is 4.70. The van der Waals surface area contributed by atoms with Crippen molar-refractivity contribution in [1.29, 1.82) is 0 Å². The van der Waals surface area contributed by atoms with Gasteiger partial charge in [0.25, 0.3) is 0 Å². The molecule has 1 aromatic heterocycles. The predicted octanol–water partition coefficient (Wildman–Crippen LogP) is 2.77. The van der Waals surface area contributed by atoms with Gasteiger partial charge in [-0.25, -0.2) is 0 Å². The molecule has 0 bridgehead atoms. The lowest BCUT2D eigenvalue weighted by molar-refractivity contribution is 0.363. The highest BCUT2D eigenvalue weighted by molar-refractivity contribution is 7.03. The molecule has 0 saturated carbocycles. The molecule has 76 valence electrons. The molecule has 2 rings (SSSR count). The highest BCUT2D eigenvalue weighted by atomic mass is 32.1. The lowest BCUT2D eigenvalue weighted by Crippen LogP contribution is -1.92. The van der Waals surface area contributed by atoms with Gasteiger partial charge in [-0.05, 0) is 35.8 Å². The first kappa shape index (κ1) is 9.86. The van der Waals surface area contributed by atoms with Crippen molar-refractivity contribution < 1.29 is 4.74 Å². The van der Waals surface area contributed by atoms with Gasteiger partial charge in [0, 0.05) is 10.9 Å². The lowest BCUT2D eigenvalue weighted by Gasteiger charge is -2.03. The predicted molar refractivity (Wildman–Crippen MR) is 61.0 cm³/mol. The van der Waals surface area contributed by atoms with Crippen molar-refractivity contribution in [2.45, 2.75) is 0 Å². The molecule has 1 heterocycles. The maximum absolute atomic E-state index is 5.38. The molecular weight excluding hydrogens is 208 g/mol. The van der Waals surface area contributed by atoms with Crippen molar-refractivity contribution in [3.05, 3.63) is 42.3 Å². The SMILES string of the molecule is C=CCOc1ccc(-c2csnn2)cc1. The third-order valence-electron chi connectivity index (χ3n) is 1.88. The Morgan fingerprint density at radius 1 is 1.33 bits per heavy atom. The first-order valence-corrected chi connectivity index (χ1v) is 5.35. The number of ether oxygens (including phenoxy) is 1. The Hall–Kier alpha value is -1.68. The highest BCUT2D eigenvalue weighted by Crippen LogP contribution is 2.20. The number of aromatic nitrogens is 2. The third kappa shape index (κ3) is 2.41. The van der Waals surface area contributed by atoms with Crippen molar-refractivity contribution >= 4 is 11.5 Å². The van der Waals surface area contributed by atoms with E-state index in [1.807, 2.05) is 29.6 Å². The zero-order valence-electron chi connectivity index (χ0n) is 8.09. The topological polar surface area (TPSA) is 35.0 Å². The molecule has 15 heavy (non-hydrogen) atoms. The van der Waals surface area contributed by atoms with E-state index in [0.717, 1.165) is 17.0 Å². The summed E-state index contributed by atoms with van der Waals surface area (Å²) in [5, 5.41) is 5.91. The first-order chi connectivity index (χ1) is 7.40. The van der Waals surface area contributed by atoms with Crippen LogP contribution in [0.5, 0.6) is 5.75 Å². The monoisotopic (exact) mass is 218 g/mol. The van der Waals surface area contributed by atoms with Gasteiger partial charge < -0.3 is 4.74 Å². The largest absolute Gasteiger partial charge is 0.490 e. The molecule has 0 fully saturated rings. The van der Waals surface area contributed by atoms with E-state index in [2.05, 4.69) is 16.2 Å². The molecule has 0 aliphatic heterocycles. The van der Waals surface area contributed by atoms with E-state index in [1.54, 1.807) is 6.08 Å². The van der Waals surface area contributed by atoms with Crippen LogP contribution in [0.2, 0.25) is 0 Å². The van der Waals surface area contributed by atoms with Gasteiger partial charge in [-0.3, -0.25) is 0 Å². The van der Waals surface area contributed by atoms with Crippen molar-refractivity contribution in [3.8, 4) is 17.0 Å². The number of benzene rings is 1. The molecule has 0 unspecified atom stereocenters. The van der Waals surface area contributed by atoms with Crippen LogP contribution in [0.1, 0.15) is 0 Å². The average molecular weight is 218 g/mol. The summed E-state index contributed by atoms with van der Waals surface area (Å²) in [5.41, 5.74) is 1.95. The summed E-state index contributed by atoms with van der Waals surface area (Å²) < 4.78 is 9.19. The quantitative estimate of drug-likeness (QED) is 0.740. The third-order valence-corrected chi connectivity index (χ3v) is 2.38. The van der Waals surface area contributed by atoms with Gasteiger partial charge in [0.15, 0.2) is 0 Å². The maximum Gasteiger partial charge on any atom is 0.119 e. The molecule has 0 atom stereocenters. The Labute approximate surface area is 92.2 Å². The molecule has 0 amide bonds. The molecule has 4 heteroatoms. The Bertz CT molecular complexity index is 422. The summed E-state index contributed by atoms with van der Waals surface area (Å²) in [7, 11) is 0. The standard InChI is InChI=1S/C11H10N2OS/c1-2-7-14-10-5-3-9(4-6-10)11-8-15-13-12-11/h2-6,8H,1,7H2. The molecule has 2 aromatic rings. The molecule has 0 aliphatic rings. The van der Waals surface area contributed by atoms with E-state index in [0.29, 0.717) is 6.61 Å². The fourth-order valence-electron chi connectivity index (χ4n) is 1.17. The van der Waals surface area contributed by atoms with E-state index in [-0.39, 0.29) is 0 Å². The van der Waals surface area contributed by atoms with E-state index >= 15 is 0 Å². The van der Waals surface area contributed by atoms with Gasteiger partial charge in [-0.15, -0.1) is 5.10 Å². The van der Waals surface area contributed by atoms with Crippen molar-refractivity contribution in [2.24, 2.45) is 0 Å². The molecule has 3 nitrogen and oxygen atoms in total. The molecule has 0 saturated heterocycles. The second-order valence-corrected chi connectivity index (χ2v) is 3.52. The highest BCUT2D eigenvalue weighted by Gasteiger charge is 2.00. The fraction of sp³-hybridized carbons (Fsp3) is 0.0909. The Morgan fingerprint density at radius 3 is 2.73 bits per heavy atom. The van der Waals surface area contributed by atoms with Crippen LogP contribution in [-0.4, -0.2) is 16.2 Å². The van der Waals surface area contributed by atoms with E-state index < -0.39 is 0 Å². The summed E-state index contributed by atoms with van der Waals surface area (Å²) in [6.45, 7) is 4.12. The Kier molecular flexibility index (Phi) is 3.09. The van der Waals surface area contributed by atoms with Crippen LogP contribution in [-0.2, 0) is 0 Å². The van der Waals surface area contributed by atoms with Gasteiger partial charge in [-0.2, -0.15) is 0 Å². The summed E-state index contributed by atoms with van der Waals surface area (Å²) in [5.74, 6) is 0.835. The first-order valence-electron chi connectivity index (χ1n) is 4.51. The van der Waals surface area contributed by atoms with Crippen LogP contribution < -0.4 is 4.74 Å². The van der Waals surface area contributed by atoms with Gasteiger partial charge in [-0.1, -0.05) is 17.1 Å².